The highest BCUT2D eigenvalue weighted by Crippen LogP contribution is 2.08. The molecule has 0 aliphatic carbocycles. The Morgan fingerprint density at radius 3 is 2.83 bits per heavy atom. The van der Waals surface area contributed by atoms with Crippen LogP contribution in [0.25, 0.3) is 0 Å². The van der Waals surface area contributed by atoms with E-state index in [0.29, 0.717) is 12.5 Å². The van der Waals surface area contributed by atoms with Gasteiger partial charge < -0.3 is 4.74 Å². The lowest BCUT2D eigenvalue weighted by Gasteiger charge is -2.06. The Morgan fingerprint density at radius 2 is 2.33 bits per heavy atom. The van der Waals surface area contributed by atoms with E-state index in [-0.39, 0.29) is 0 Å². The number of esters is 1. The van der Waals surface area contributed by atoms with Gasteiger partial charge in [-0.25, -0.2) is 4.79 Å². The van der Waals surface area contributed by atoms with Crippen LogP contribution in [0.1, 0.15) is 33.1 Å². The normalized spacial score (nSPS) is 11.8. The molecule has 0 aromatic heterocycles. The lowest BCUT2D eigenvalue weighted by Crippen LogP contribution is -2.04. The van der Waals surface area contributed by atoms with Gasteiger partial charge in [0.1, 0.15) is 0 Å². The Morgan fingerprint density at radius 1 is 1.67 bits per heavy atom. The van der Waals surface area contributed by atoms with Gasteiger partial charge in [0, 0.05) is 5.92 Å². The van der Waals surface area contributed by atoms with Gasteiger partial charge in [0.25, 0.3) is 0 Å². The number of ether oxygens (including phenoxy) is 1. The average molecular weight is 168 g/mol. The first kappa shape index (κ1) is 11.0. The standard InChI is InChI=1S/C10H16O2/c1-4-9(3)7-6-8-12-10(11)5-2/h2,9H,4,6-8H2,1,3H3/t9-/m0/s1. The monoisotopic (exact) mass is 168 g/mol. The van der Waals surface area contributed by atoms with Crippen molar-refractivity contribution in [2.45, 2.75) is 33.1 Å². The van der Waals surface area contributed by atoms with E-state index in [1.54, 1.807) is 0 Å². The third-order valence-electron chi connectivity index (χ3n) is 1.89. The van der Waals surface area contributed by atoms with Gasteiger partial charge in [-0.05, 0) is 18.8 Å². The van der Waals surface area contributed by atoms with Gasteiger partial charge in [0.15, 0.2) is 0 Å². The van der Waals surface area contributed by atoms with Crippen molar-refractivity contribution in [3.8, 4) is 12.3 Å². The van der Waals surface area contributed by atoms with E-state index < -0.39 is 5.97 Å². The number of terminal acetylenes is 1. The van der Waals surface area contributed by atoms with Crippen LogP contribution in [0.15, 0.2) is 0 Å². The number of carbonyl (C=O) groups excluding carboxylic acids is 1. The maximum Gasteiger partial charge on any atom is 0.384 e. The Hall–Kier alpha value is -0.970. The predicted molar refractivity (Wildman–Crippen MR) is 48.5 cm³/mol. The third-order valence-corrected chi connectivity index (χ3v) is 1.89. The zero-order chi connectivity index (χ0) is 9.40. The minimum atomic E-state index is -0.556. The van der Waals surface area contributed by atoms with Gasteiger partial charge in [0.05, 0.1) is 6.61 Å². The van der Waals surface area contributed by atoms with Crippen LogP contribution in [-0.4, -0.2) is 12.6 Å². The molecule has 0 aliphatic rings. The van der Waals surface area contributed by atoms with Crippen LogP contribution in [0.3, 0.4) is 0 Å². The summed E-state index contributed by atoms with van der Waals surface area (Å²) in [7, 11) is 0. The first-order chi connectivity index (χ1) is 5.70. The van der Waals surface area contributed by atoms with Gasteiger partial charge >= 0.3 is 5.97 Å². The van der Waals surface area contributed by atoms with E-state index in [4.69, 9.17) is 11.2 Å². The molecule has 0 bridgehead atoms. The fourth-order valence-corrected chi connectivity index (χ4v) is 0.842. The van der Waals surface area contributed by atoms with Gasteiger partial charge in [0.2, 0.25) is 0 Å². The quantitative estimate of drug-likeness (QED) is 0.271. The van der Waals surface area contributed by atoms with E-state index in [2.05, 4.69) is 13.8 Å². The molecule has 0 saturated heterocycles. The molecule has 0 heterocycles. The fourth-order valence-electron chi connectivity index (χ4n) is 0.842. The molecule has 0 spiro atoms. The Bertz CT molecular complexity index is 167. The van der Waals surface area contributed by atoms with E-state index in [9.17, 15) is 4.79 Å². The highest BCUT2D eigenvalue weighted by Gasteiger charge is 1.99. The van der Waals surface area contributed by atoms with Crippen molar-refractivity contribution < 1.29 is 9.53 Å². The molecule has 12 heavy (non-hydrogen) atoms. The number of carbonyl (C=O) groups is 1. The van der Waals surface area contributed by atoms with E-state index >= 15 is 0 Å². The molecule has 0 unspecified atom stereocenters. The summed E-state index contributed by atoms with van der Waals surface area (Å²) in [5, 5.41) is 0. The van der Waals surface area contributed by atoms with Crippen molar-refractivity contribution in [1.29, 1.82) is 0 Å². The number of rotatable bonds is 5. The van der Waals surface area contributed by atoms with Crippen LogP contribution in [0.2, 0.25) is 0 Å². The summed E-state index contributed by atoms with van der Waals surface area (Å²) in [5.74, 6) is 2.05. The van der Waals surface area contributed by atoms with E-state index in [1.807, 2.05) is 5.92 Å². The third kappa shape index (κ3) is 5.79. The van der Waals surface area contributed by atoms with E-state index in [0.717, 1.165) is 12.8 Å². The minimum Gasteiger partial charge on any atom is -0.456 e. The number of hydrogen-bond donors (Lipinski definition) is 0. The topological polar surface area (TPSA) is 26.3 Å². The Balaban J connectivity index is 3.23. The second-order valence-corrected chi connectivity index (χ2v) is 2.94. The van der Waals surface area contributed by atoms with Gasteiger partial charge in [-0.2, -0.15) is 0 Å². The van der Waals surface area contributed by atoms with Crippen LogP contribution in [0, 0.1) is 18.3 Å². The average Bonchev–Trinajstić information content (AvgIpc) is 2.11. The fraction of sp³-hybridized carbons (Fsp3) is 0.700. The van der Waals surface area contributed by atoms with Crippen molar-refractivity contribution in [3.63, 3.8) is 0 Å². The summed E-state index contributed by atoms with van der Waals surface area (Å²) in [6, 6.07) is 0. The van der Waals surface area contributed by atoms with Crippen LogP contribution in [0.4, 0.5) is 0 Å². The molecule has 2 nitrogen and oxygen atoms in total. The molecule has 0 saturated carbocycles. The zero-order valence-corrected chi connectivity index (χ0v) is 7.80. The first-order valence-corrected chi connectivity index (χ1v) is 4.34. The summed E-state index contributed by atoms with van der Waals surface area (Å²) < 4.78 is 4.71. The van der Waals surface area contributed by atoms with Crippen LogP contribution in [-0.2, 0) is 9.53 Å². The molecular weight excluding hydrogens is 152 g/mol. The molecule has 2 heteroatoms. The molecule has 0 amide bonds. The predicted octanol–water partition coefficient (Wildman–Crippen LogP) is 1.99. The highest BCUT2D eigenvalue weighted by molar-refractivity contribution is 5.87. The molecule has 68 valence electrons. The molecule has 0 aromatic carbocycles. The summed E-state index contributed by atoms with van der Waals surface area (Å²) >= 11 is 0. The van der Waals surface area contributed by atoms with Crippen LogP contribution >= 0.6 is 0 Å². The highest BCUT2D eigenvalue weighted by atomic mass is 16.5. The first-order valence-electron chi connectivity index (χ1n) is 4.34. The number of hydrogen-bond acceptors (Lipinski definition) is 2. The van der Waals surface area contributed by atoms with E-state index in [1.165, 1.54) is 6.42 Å². The van der Waals surface area contributed by atoms with Crippen molar-refractivity contribution in [1.82, 2.24) is 0 Å². The Labute approximate surface area is 74.3 Å². The summed E-state index contributed by atoms with van der Waals surface area (Å²) in [4.78, 5) is 10.5. The van der Waals surface area contributed by atoms with Crippen LogP contribution in [0.5, 0.6) is 0 Å². The maximum atomic E-state index is 10.5. The van der Waals surface area contributed by atoms with Gasteiger partial charge in [-0.1, -0.05) is 20.3 Å². The molecule has 0 radical (unpaired) electrons. The summed E-state index contributed by atoms with van der Waals surface area (Å²) in [6.45, 7) is 4.79. The Kier molecular flexibility index (Phi) is 6.18. The minimum absolute atomic E-state index is 0.452. The maximum absolute atomic E-state index is 10.5. The summed E-state index contributed by atoms with van der Waals surface area (Å²) in [6.07, 6.45) is 7.98. The molecule has 0 aliphatic heterocycles. The molecule has 1 atom stereocenters. The molecular formula is C10H16O2. The van der Waals surface area contributed by atoms with Crippen LogP contribution < -0.4 is 0 Å². The van der Waals surface area contributed by atoms with Crippen molar-refractivity contribution in [2.75, 3.05) is 6.61 Å². The molecule has 0 rings (SSSR count). The largest absolute Gasteiger partial charge is 0.456 e. The molecule has 0 fully saturated rings. The second-order valence-electron chi connectivity index (χ2n) is 2.94. The lowest BCUT2D eigenvalue weighted by molar-refractivity contribution is -0.136. The van der Waals surface area contributed by atoms with Gasteiger partial charge in [-0.3, -0.25) is 0 Å². The van der Waals surface area contributed by atoms with Gasteiger partial charge in [-0.15, -0.1) is 6.42 Å². The van der Waals surface area contributed by atoms with Crippen molar-refractivity contribution >= 4 is 5.97 Å². The summed E-state index contributed by atoms with van der Waals surface area (Å²) in [5.41, 5.74) is 0. The second kappa shape index (κ2) is 6.72. The smallest absolute Gasteiger partial charge is 0.384 e. The lowest BCUT2D eigenvalue weighted by atomic mass is 10.0. The SMILES string of the molecule is C#CC(=O)OCCC[C@@H](C)CC. The van der Waals surface area contributed by atoms with Crippen molar-refractivity contribution in [3.05, 3.63) is 0 Å². The zero-order valence-electron chi connectivity index (χ0n) is 7.80. The van der Waals surface area contributed by atoms with Crippen molar-refractivity contribution in [2.24, 2.45) is 5.92 Å². The molecule has 0 aromatic rings. The molecule has 0 N–H and O–H groups in total.